The Hall–Kier alpha value is -2.62. The van der Waals surface area contributed by atoms with Crippen LogP contribution in [0.2, 0.25) is 5.15 Å². The number of imidazole rings is 1. The Morgan fingerprint density at radius 3 is 2.88 bits per heavy atom. The number of hydrogen-bond donors (Lipinski definition) is 1. The minimum Gasteiger partial charge on any atom is -0.321 e. The summed E-state index contributed by atoms with van der Waals surface area (Å²) in [7, 11) is 0. The number of carbonyl (C=O) groups excluding carboxylic acids is 1. The number of carbonyl (C=O) groups is 1. The van der Waals surface area contributed by atoms with Gasteiger partial charge in [-0.3, -0.25) is 9.20 Å². The molecule has 0 saturated carbocycles. The summed E-state index contributed by atoms with van der Waals surface area (Å²) in [4.78, 5) is 17.2. The zero-order valence-corrected chi connectivity index (χ0v) is 14.4. The summed E-state index contributed by atoms with van der Waals surface area (Å²) >= 11 is 7.52. The number of aryl methyl sites for hydroxylation is 1. The van der Waals surface area contributed by atoms with Crippen LogP contribution in [-0.2, 0) is 11.2 Å². The number of thiazole rings is 1. The quantitative estimate of drug-likeness (QED) is 0.563. The van der Waals surface area contributed by atoms with Crippen LogP contribution in [0, 0.1) is 11.3 Å². The van der Waals surface area contributed by atoms with Gasteiger partial charge in [-0.2, -0.15) is 5.26 Å². The highest BCUT2D eigenvalue weighted by Gasteiger charge is 2.14. The third-order valence-electron chi connectivity index (χ3n) is 3.52. The van der Waals surface area contributed by atoms with Crippen molar-refractivity contribution in [2.24, 2.45) is 0 Å². The van der Waals surface area contributed by atoms with Gasteiger partial charge in [0.2, 0.25) is 0 Å². The van der Waals surface area contributed by atoms with Gasteiger partial charge in [-0.15, -0.1) is 11.3 Å². The van der Waals surface area contributed by atoms with E-state index in [-0.39, 0.29) is 10.7 Å². The normalized spacial score (nSPS) is 11.5. The lowest BCUT2D eigenvalue weighted by Crippen LogP contribution is -2.13. The van der Waals surface area contributed by atoms with E-state index >= 15 is 0 Å². The van der Waals surface area contributed by atoms with Crippen LogP contribution in [0.25, 0.3) is 11.0 Å². The van der Waals surface area contributed by atoms with Gasteiger partial charge in [-0.1, -0.05) is 30.7 Å². The van der Waals surface area contributed by atoms with E-state index in [0.717, 1.165) is 6.42 Å². The molecule has 0 radical (unpaired) electrons. The fraction of sp³-hybridized carbons (Fsp3) is 0.118. The summed E-state index contributed by atoms with van der Waals surface area (Å²) in [6.07, 6.45) is 4.17. The summed E-state index contributed by atoms with van der Waals surface area (Å²) in [5, 5.41) is 14.2. The Balaban J connectivity index is 1.87. The first-order valence-electron chi connectivity index (χ1n) is 7.25. The maximum atomic E-state index is 12.3. The zero-order chi connectivity index (χ0) is 17.1. The molecule has 1 aromatic carbocycles. The Morgan fingerprint density at radius 1 is 1.46 bits per heavy atom. The van der Waals surface area contributed by atoms with Gasteiger partial charge in [-0.05, 0) is 30.2 Å². The van der Waals surface area contributed by atoms with Crippen molar-refractivity contribution in [2.75, 3.05) is 5.32 Å². The Morgan fingerprint density at radius 2 is 2.21 bits per heavy atom. The Labute approximate surface area is 147 Å². The number of hydrogen-bond acceptors (Lipinski definition) is 4. The highest BCUT2D eigenvalue weighted by Crippen LogP contribution is 2.23. The average Bonchev–Trinajstić information content (AvgIpc) is 3.14. The smallest absolute Gasteiger partial charge is 0.266 e. The Kier molecular flexibility index (Phi) is 4.65. The predicted octanol–water partition coefficient (Wildman–Crippen LogP) is 4.16. The molecular weight excluding hydrogens is 344 g/mol. The van der Waals surface area contributed by atoms with Crippen LogP contribution < -0.4 is 5.32 Å². The number of rotatable bonds is 4. The summed E-state index contributed by atoms with van der Waals surface area (Å²) in [5.74, 6) is -0.483. The second-order valence-electron chi connectivity index (χ2n) is 5.02. The number of nitrogens with one attached hydrogen (secondary N) is 1. The van der Waals surface area contributed by atoms with E-state index in [4.69, 9.17) is 11.6 Å². The molecule has 0 fully saturated rings. The molecular formula is C17H13ClN4OS. The van der Waals surface area contributed by atoms with Crippen molar-refractivity contribution >= 4 is 45.6 Å². The molecule has 1 amide bonds. The number of aromatic nitrogens is 2. The number of benzene rings is 1. The first-order valence-corrected chi connectivity index (χ1v) is 8.51. The van der Waals surface area contributed by atoms with Gasteiger partial charge < -0.3 is 5.32 Å². The maximum absolute atomic E-state index is 12.3. The van der Waals surface area contributed by atoms with Gasteiger partial charge in [0.15, 0.2) is 10.1 Å². The van der Waals surface area contributed by atoms with Crippen molar-refractivity contribution < 1.29 is 4.79 Å². The molecule has 0 aliphatic heterocycles. The number of amides is 1. The lowest BCUT2D eigenvalue weighted by Gasteiger charge is -2.05. The van der Waals surface area contributed by atoms with Gasteiger partial charge in [0.1, 0.15) is 11.6 Å². The SMILES string of the molecule is CCc1ccc(NC(=O)/C(C#N)=C/c2c(Cl)nc3sccn23)cc1. The zero-order valence-electron chi connectivity index (χ0n) is 12.8. The van der Waals surface area contributed by atoms with Gasteiger partial charge in [-0.25, -0.2) is 4.98 Å². The number of fused-ring (bicyclic) bond motifs is 1. The number of halogens is 1. The number of nitriles is 1. The van der Waals surface area contributed by atoms with Crippen molar-refractivity contribution in [1.29, 1.82) is 5.26 Å². The molecule has 0 aliphatic carbocycles. The molecule has 3 aromatic rings. The Bertz CT molecular complexity index is 963. The van der Waals surface area contributed by atoms with Crippen LogP contribution >= 0.6 is 22.9 Å². The first-order chi connectivity index (χ1) is 11.6. The third-order valence-corrected chi connectivity index (χ3v) is 4.56. The van der Waals surface area contributed by atoms with Gasteiger partial charge in [0.05, 0.1) is 5.69 Å². The van der Waals surface area contributed by atoms with Crippen LogP contribution in [0.15, 0.2) is 41.4 Å². The van der Waals surface area contributed by atoms with Crippen LogP contribution in [0.3, 0.4) is 0 Å². The molecule has 0 bridgehead atoms. The number of anilines is 1. The van der Waals surface area contributed by atoms with Crippen LogP contribution in [0.1, 0.15) is 18.2 Å². The van der Waals surface area contributed by atoms with Gasteiger partial charge in [0.25, 0.3) is 5.91 Å². The van der Waals surface area contributed by atoms with E-state index in [9.17, 15) is 10.1 Å². The van der Waals surface area contributed by atoms with Gasteiger partial charge >= 0.3 is 0 Å². The topological polar surface area (TPSA) is 70.2 Å². The molecule has 0 aliphatic rings. The average molecular weight is 357 g/mol. The molecule has 0 atom stereocenters. The molecule has 0 saturated heterocycles. The molecule has 120 valence electrons. The van der Waals surface area contributed by atoms with Crippen LogP contribution in [-0.4, -0.2) is 15.3 Å². The van der Waals surface area contributed by atoms with E-state index in [1.807, 2.05) is 35.7 Å². The third kappa shape index (κ3) is 3.18. The van der Waals surface area contributed by atoms with E-state index in [1.54, 1.807) is 10.6 Å². The summed E-state index contributed by atoms with van der Waals surface area (Å²) in [6, 6.07) is 9.43. The summed E-state index contributed by atoms with van der Waals surface area (Å²) in [5.41, 5.74) is 2.29. The minimum absolute atomic E-state index is 0.0375. The minimum atomic E-state index is -0.483. The van der Waals surface area contributed by atoms with E-state index < -0.39 is 5.91 Å². The van der Waals surface area contributed by atoms with Crippen molar-refractivity contribution in [3.8, 4) is 6.07 Å². The van der Waals surface area contributed by atoms with Crippen LogP contribution in [0.5, 0.6) is 0 Å². The second kappa shape index (κ2) is 6.87. The molecule has 1 N–H and O–H groups in total. The molecule has 0 unspecified atom stereocenters. The molecule has 24 heavy (non-hydrogen) atoms. The fourth-order valence-corrected chi connectivity index (χ4v) is 3.21. The standard InChI is InChI=1S/C17H13ClN4OS/c1-2-11-3-5-13(6-4-11)20-16(23)12(10-19)9-14-15(18)21-17-22(14)7-8-24-17/h3-9H,2H2,1H3,(H,20,23)/b12-9+. The first kappa shape index (κ1) is 16.2. The molecule has 3 rings (SSSR count). The highest BCUT2D eigenvalue weighted by atomic mass is 35.5. The van der Waals surface area contributed by atoms with E-state index in [0.29, 0.717) is 16.3 Å². The lowest BCUT2D eigenvalue weighted by molar-refractivity contribution is -0.112. The number of nitrogens with zero attached hydrogens (tertiary/aromatic N) is 3. The maximum Gasteiger partial charge on any atom is 0.266 e. The molecule has 2 heterocycles. The largest absolute Gasteiger partial charge is 0.321 e. The molecule has 0 spiro atoms. The fourth-order valence-electron chi connectivity index (χ4n) is 2.21. The van der Waals surface area contributed by atoms with E-state index in [2.05, 4.69) is 17.2 Å². The predicted molar refractivity (Wildman–Crippen MR) is 96.1 cm³/mol. The molecule has 2 aromatic heterocycles. The second-order valence-corrected chi connectivity index (χ2v) is 6.25. The van der Waals surface area contributed by atoms with Crippen molar-refractivity contribution in [3.63, 3.8) is 0 Å². The van der Waals surface area contributed by atoms with Crippen molar-refractivity contribution in [3.05, 3.63) is 57.8 Å². The van der Waals surface area contributed by atoms with Crippen LogP contribution in [0.4, 0.5) is 5.69 Å². The summed E-state index contributed by atoms with van der Waals surface area (Å²) in [6.45, 7) is 2.06. The van der Waals surface area contributed by atoms with Crippen molar-refractivity contribution in [2.45, 2.75) is 13.3 Å². The van der Waals surface area contributed by atoms with Gasteiger partial charge in [0, 0.05) is 17.3 Å². The molecule has 7 heteroatoms. The highest BCUT2D eigenvalue weighted by molar-refractivity contribution is 7.15. The van der Waals surface area contributed by atoms with E-state index in [1.165, 1.54) is 23.0 Å². The summed E-state index contributed by atoms with van der Waals surface area (Å²) < 4.78 is 1.74. The molecule has 5 nitrogen and oxygen atoms in total. The monoisotopic (exact) mass is 356 g/mol. The van der Waals surface area contributed by atoms with Crippen molar-refractivity contribution in [1.82, 2.24) is 9.38 Å². The lowest BCUT2D eigenvalue weighted by atomic mass is 10.1.